The molecule has 29 heavy (non-hydrogen) atoms. The minimum atomic E-state index is -4.81. The van der Waals surface area contributed by atoms with Crippen molar-refractivity contribution in [2.24, 2.45) is 0 Å². The monoisotopic (exact) mass is 420 g/mol. The molecule has 0 atom stereocenters. The molecule has 0 aromatic heterocycles. The van der Waals surface area contributed by atoms with E-state index < -0.39 is 53.1 Å². The van der Waals surface area contributed by atoms with Gasteiger partial charge < -0.3 is 9.47 Å². The second-order valence-electron chi connectivity index (χ2n) is 6.08. The Morgan fingerprint density at radius 3 is 2.10 bits per heavy atom. The number of carbonyl (C=O) groups is 1. The van der Waals surface area contributed by atoms with Crippen LogP contribution in [0.3, 0.4) is 0 Å². The molecule has 0 radical (unpaired) electrons. The third-order valence-corrected chi connectivity index (χ3v) is 4.08. The van der Waals surface area contributed by atoms with Gasteiger partial charge in [-0.1, -0.05) is 26.0 Å². The SMILES string of the molecule is CCC(=O)Oc1cccc(C(F)(F)F)c1COc1ccc(CC)cc1C(F)(F)F. The van der Waals surface area contributed by atoms with Gasteiger partial charge in [0.05, 0.1) is 11.1 Å². The summed E-state index contributed by atoms with van der Waals surface area (Å²) < 4.78 is 90.1. The first-order chi connectivity index (χ1) is 13.5. The van der Waals surface area contributed by atoms with Gasteiger partial charge in [0.2, 0.25) is 0 Å². The van der Waals surface area contributed by atoms with E-state index in [9.17, 15) is 31.1 Å². The number of esters is 1. The minimum absolute atomic E-state index is 0.0900. The van der Waals surface area contributed by atoms with E-state index in [4.69, 9.17) is 9.47 Å². The Balaban J connectivity index is 2.45. The molecule has 2 aromatic carbocycles. The molecule has 0 aliphatic carbocycles. The maximum absolute atomic E-state index is 13.4. The smallest absolute Gasteiger partial charge is 0.419 e. The second-order valence-corrected chi connectivity index (χ2v) is 6.08. The number of alkyl halides is 6. The molecule has 0 spiro atoms. The Bertz CT molecular complexity index is 871. The van der Waals surface area contributed by atoms with E-state index in [0.29, 0.717) is 12.0 Å². The Labute approximate surface area is 163 Å². The number of halogens is 6. The zero-order valence-electron chi connectivity index (χ0n) is 15.6. The molecule has 0 aliphatic rings. The lowest BCUT2D eigenvalue weighted by molar-refractivity contribution is -0.141. The summed E-state index contributed by atoms with van der Waals surface area (Å²) in [6.07, 6.45) is -9.31. The minimum Gasteiger partial charge on any atom is -0.488 e. The highest BCUT2D eigenvalue weighted by atomic mass is 19.4. The maximum atomic E-state index is 13.4. The number of rotatable bonds is 6. The summed E-state index contributed by atoms with van der Waals surface area (Å²) in [6.45, 7) is 2.26. The number of hydrogen-bond donors (Lipinski definition) is 0. The van der Waals surface area contributed by atoms with Crippen LogP contribution in [0.1, 0.15) is 42.5 Å². The average molecular weight is 420 g/mol. The zero-order chi connectivity index (χ0) is 21.8. The molecule has 9 heteroatoms. The number of ether oxygens (including phenoxy) is 2. The lowest BCUT2D eigenvalue weighted by Gasteiger charge is -2.19. The third-order valence-electron chi connectivity index (χ3n) is 4.08. The first-order valence-electron chi connectivity index (χ1n) is 8.70. The van der Waals surface area contributed by atoms with Gasteiger partial charge in [0, 0.05) is 12.0 Å². The predicted octanol–water partition coefficient (Wildman–Crippen LogP) is 6.18. The molecular weight excluding hydrogens is 402 g/mol. The van der Waals surface area contributed by atoms with Crippen molar-refractivity contribution in [3.63, 3.8) is 0 Å². The molecule has 0 heterocycles. The van der Waals surface area contributed by atoms with Crippen LogP contribution in [0.15, 0.2) is 36.4 Å². The Kier molecular flexibility index (Phi) is 6.81. The van der Waals surface area contributed by atoms with Crippen molar-refractivity contribution in [1.82, 2.24) is 0 Å². The molecule has 0 saturated heterocycles. The molecule has 2 rings (SSSR count). The fourth-order valence-electron chi connectivity index (χ4n) is 2.56. The molecule has 158 valence electrons. The molecule has 0 N–H and O–H groups in total. The van der Waals surface area contributed by atoms with Crippen LogP contribution in [0.5, 0.6) is 11.5 Å². The van der Waals surface area contributed by atoms with E-state index >= 15 is 0 Å². The quantitative estimate of drug-likeness (QED) is 0.318. The topological polar surface area (TPSA) is 35.5 Å². The molecule has 0 fully saturated rings. The number of benzene rings is 2. The first-order valence-corrected chi connectivity index (χ1v) is 8.70. The molecule has 0 aliphatic heterocycles. The Hall–Kier alpha value is -2.71. The predicted molar refractivity (Wildman–Crippen MR) is 92.5 cm³/mol. The van der Waals surface area contributed by atoms with Gasteiger partial charge in [-0.05, 0) is 36.2 Å². The number of hydrogen-bond acceptors (Lipinski definition) is 3. The highest BCUT2D eigenvalue weighted by Gasteiger charge is 2.37. The molecule has 2 aromatic rings. The van der Waals surface area contributed by atoms with Crippen LogP contribution in [-0.4, -0.2) is 5.97 Å². The fraction of sp³-hybridized carbons (Fsp3) is 0.350. The fourth-order valence-corrected chi connectivity index (χ4v) is 2.56. The van der Waals surface area contributed by atoms with Gasteiger partial charge in [0.1, 0.15) is 18.1 Å². The van der Waals surface area contributed by atoms with Crippen LogP contribution in [0.4, 0.5) is 26.3 Å². The molecule has 3 nitrogen and oxygen atoms in total. The van der Waals surface area contributed by atoms with E-state index in [1.807, 2.05) is 0 Å². The van der Waals surface area contributed by atoms with Crippen molar-refractivity contribution in [3.8, 4) is 11.5 Å². The average Bonchev–Trinajstić information content (AvgIpc) is 2.65. The Morgan fingerprint density at radius 2 is 1.55 bits per heavy atom. The van der Waals surface area contributed by atoms with Gasteiger partial charge in [0.15, 0.2) is 0 Å². The zero-order valence-corrected chi connectivity index (χ0v) is 15.6. The lowest BCUT2D eigenvalue weighted by Crippen LogP contribution is -2.16. The van der Waals surface area contributed by atoms with E-state index in [0.717, 1.165) is 30.3 Å². The number of aryl methyl sites for hydroxylation is 1. The van der Waals surface area contributed by atoms with Gasteiger partial charge in [0.25, 0.3) is 0 Å². The summed E-state index contributed by atoms with van der Waals surface area (Å²) in [5.41, 5.74) is -2.40. The molecule has 0 saturated carbocycles. The van der Waals surface area contributed by atoms with Crippen LogP contribution >= 0.6 is 0 Å². The van der Waals surface area contributed by atoms with Crippen molar-refractivity contribution >= 4 is 5.97 Å². The Morgan fingerprint density at radius 1 is 0.897 bits per heavy atom. The van der Waals surface area contributed by atoms with E-state index in [2.05, 4.69) is 0 Å². The van der Waals surface area contributed by atoms with Crippen molar-refractivity contribution < 1.29 is 40.6 Å². The molecule has 0 amide bonds. The van der Waals surface area contributed by atoms with Gasteiger partial charge in [-0.3, -0.25) is 4.79 Å². The highest BCUT2D eigenvalue weighted by molar-refractivity contribution is 5.72. The summed E-state index contributed by atoms with van der Waals surface area (Å²) in [5.74, 6) is -1.81. The number of carbonyl (C=O) groups excluding carboxylic acids is 1. The first kappa shape index (κ1) is 22.6. The largest absolute Gasteiger partial charge is 0.488 e. The lowest BCUT2D eigenvalue weighted by atomic mass is 10.1. The normalized spacial score (nSPS) is 12.0. The highest BCUT2D eigenvalue weighted by Crippen LogP contribution is 2.40. The summed E-state index contributed by atoms with van der Waals surface area (Å²) in [4.78, 5) is 11.5. The summed E-state index contributed by atoms with van der Waals surface area (Å²) in [6, 6.07) is 6.28. The van der Waals surface area contributed by atoms with Gasteiger partial charge in [-0.2, -0.15) is 26.3 Å². The van der Waals surface area contributed by atoms with Crippen LogP contribution in [0.2, 0.25) is 0 Å². The summed E-state index contributed by atoms with van der Waals surface area (Å²) in [7, 11) is 0. The van der Waals surface area contributed by atoms with Crippen LogP contribution < -0.4 is 9.47 Å². The van der Waals surface area contributed by atoms with Gasteiger partial charge in [-0.15, -0.1) is 0 Å². The van der Waals surface area contributed by atoms with E-state index in [-0.39, 0.29) is 6.42 Å². The van der Waals surface area contributed by atoms with Crippen LogP contribution in [0, 0.1) is 0 Å². The standard InChI is InChI=1S/C20H18F6O3/c1-3-12-8-9-17(15(10-12)20(24,25)26)28-11-13-14(19(21,22)23)6-5-7-16(13)29-18(27)4-2/h5-10H,3-4,11H2,1-2H3. The maximum Gasteiger partial charge on any atom is 0.419 e. The van der Waals surface area contributed by atoms with Crippen LogP contribution in [-0.2, 0) is 30.2 Å². The van der Waals surface area contributed by atoms with Gasteiger partial charge in [-0.25, -0.2) is 0 Å². The van der Waals surface area contributed by atoms with E-state index in [1.54, 1.807) is 6.92 Å². The van der Waals surface area contributed by atoms with Crippen molar-refractivity contribution in [2.45, 2.75) is 45.6 Å². The third kappa shape index (κ3) is 5.65. The van der Waals surface area contributed by atoms with Crippen LogP contribution in [0.25, 0.3) is 0 Å². The van der Waals surface area contributed by atoms with Crippen molar-refractivity contribution in [1.29, 1.82) is 0 Å². The van der Waals surface area contributed by atoms with Crippen molar-refractivity contribution in [2.75, 3.05) is 0 Å². The van der Waals surface area contributed by atoms with Crippen molar-refractivity contribution in [3.05, 3.63) is 58.7 Å². The summed E-state index contributed by atoms with van der Waals surface area (Å²) >= 11 is 0. The molecule has 0 bridgehead atoms. The summed E-state index contributed by atoms with van der Waals surface area (Å²) in [5, 5.41) is 0. The van der Waals surface area contributed by atoms with Gasteiger partial charge >= 0.3 is 18.3 Å². The van der Waals surface area contributed by atoms with E-state index in [1.165, 1.54) is 13.0 Å². The molecular formula is C20H18F6O3. The second kappa shape index (κ2) is 8.75. The molecule has 0 unspecified atom stereocenters.